The van der Waals surface area contributed by atoms with Crippen molar-refractivity contribution in [3.8, 4) is 11.3 Å². The molecule has 4 heterocycles. The molecule has 14 heteroatoms. The Morgan fingerprint density at radius 3 is 2.44 bits per heavy atom. The number of hydrogen-bond donors (Lipinski definition) is 0. The molecule has 1 aromatic carbocycles. The second-order valence-electron chi connectivity index (χ2n) is 9.74. The van der Waals surface area contributed by atoms with Gasteiger partial charge in [0.15, 0.2) is 17.2 Å². The van der Waals surface area contributed by atoms with Crippen molar-refractivity contribution < 1.29 is 31.1 Å². The van der Waals surface area contributed by atoms with Crippen molar-refractivity contribution in [2.75, 3.05) is 6.61 Å². The lowest BCUT2D eigenvalue weighted by Crippen LogP contribution is -2.29. The molecule has 1 aliphatic carbocycles. The van der Waals surface area contributed by atoms with Gasteiger partial charge in [0.1, 0.15) is 22.9 Å². The molecule has 4 aromatic rings. The van der Waals surface area contributed by atoms with E-state index in [9.17, 15) is 31.1 Å². The minimum absolute atomic E-state index is 0.0307. The second-order valence-corrected chi connectivity index (χ2v) is 9.74. The molecule has 8 nitrogen and oxygen atoms in total. The molecule has 1 aliphatic heterocycles. The standard InChI is InChI=1S/C25H20F6N6O2/c1-36-23(38)21-20(35-24(36)25(29,30)31)19(14-7-16(27)17(28)8-15(14)26)33-22(34-21)11-4-5-39-18(6-11)12-9-32-37(10-12)13-2-3-13/h7-11,13,18H,2-6H2,1H3/t11-,18+/m1/s1. The number of hydrogen-bond acceptors (Lipinski definition) is 6. The SMILES string of the molecule is Cn1c(C(F)(F)F)nc2c(-c3cc(F)c(F)cc3F)nc([C@@H]3CCO[C@H](c4cnn(C5CC5)c4)C3)nc2c1=O. The van der Waals surface area contributed by atoms with Crippen LogP contribution in [0.2, 0.25) is 0 Å². The number of rotatable bonds is 4. The van der Waals surface area contributed by atoms with Crippen LogP contribution in [0.5, 0.6) is 0 Å². The van der Waals surface area contributed by atoms with Crippen molar-refractivity contribution in [2.24, 2.45) is 7.05 Å². The lowest BCUT2D eigenvalue weighted by molar-refractivity contribution is -0.147. The first-order valence-corrected chi connectivity index (χ1v) is 12.2. The molecule has 0 N–H and O–H groups in total. The molecule has 2 fully saturated rings. The predicted molar refractivity (Wildman–Crippen MR) is 124 cm³/mol. The average Bonchev–Trinajstić information content (AvgIpc) is 3.63. The molecule has 39 heavy (non-hydrogen) atoms. The fraction of sp³-hybridized carbons (Fsp3) is 0.400. The molecule has 0 unspecified atom stereocenters. The van der Waals surface area contributed by atoms with Crippen LogP contribution >= 0.6 is 0 Å². The van der Waals surface area contributed by atoms with Gasteiger partial charge in [-0.1, -0.05) is 0 Å². The third kappa shape index (κ3) is 4.56. The lowest BCUT2D eigenvalue weighted by atomic mass is 9.92. The molecule has 0 spiro atoms. The van der Waals surface area contributed by atoms with E-state index in [1.165, 1.54) is 0 Å². The predicted octanol–water partition coefficient (Wildman–Crippen LogP) is 4.99. The minimum Gasteiger partial charge on any atom is -0.373 e. The summed E-state index contributed by atoms with van der Waals surface area (Å²) in [6.45, 7) is 0.281. The zero-order chi connectivity index (χ0) is 27.6. The maximum Gasteiger partial charge on any atom is 0.449 e. The maximum absolute atomic E-state index is 14.9. The third-order valence-electron chi connectivity index (χ3n) is 7.03. The van der Waals surface area contributed by atoms with Crippen LogP contribution in [0.4, 0.5) is 26.3 Å². The quantitative estimate of drug-likeness (QED) is 0.263. The zero-order valence-electron chi connectivity index (χ0n) is 20.3. The van der Waals surface area contributed by atoms with Gasteiger partial charge in [-0.05, 0) is 31.7 Å². The summed E-state index contributed by atoms with van der Waals surface area (Å²) in [5, 5.41) is 4.37. The first-order chi connectivity index (χ1) is 18.5. The summed E-state index contributed by atoms with van der Waals surface area (Å²) < 4.78 is 91.7. The first kappa shape index (κ1) is 25.5. The van der Waals surface area contributed by atoms with Gasteiger partial charge >= 0.3 is 6.18 Å². The van der Waals surface area contributed by atoms with Crippen molar-refractivity contribution >= 4 is 11.0 Å². The lowest BCUT2D eigenvalue weighted by Gasteiger charge is -2.28. The fourth-order valence-electron chi connectivity index (χ4n) is 4.81. The molecule has 204 valence electrons. The van der Waals surface area contributed by atoms with Crippen LogP contribution in [0.1, 0.15) is 61.0 Å². The van der Waals surface area contributed by atoms with Gasteiger partial charge in [-0.25, -0.2) is 28.1 Å². The van der Waals surface area contributed by atoms with Crippen molar-refractivity contribution in [2.45, 2.75) is 49.9 Å². The van der Waals surface area contributed by atoms with E-state index in [0.717, 1.165) is 25.5 Å². The number of halogens is 6. The number of ether oxygens (including phenoxy) is 1. The second kappa shape index (κ2) is 9.14. The van der Waals surface area contributed by atoms with E-state index in [-0.39, 0.29) is 18.5 Å². The van der Waals surface area contributed by atoms with Gasteiger partial charge in [0.25, 0.3) is 5.56 Å². The van der Waals surface area contributed by atoms with Gasteiger partial charge in [0.2, 0.25) is 5.82 Å². The Morgan fingerprint density at radius 2 is 1.72 bits per heavy atom. The van der Waals surface area contributed by atoms with Gasteiger partial charge in [-0.3, -0.25) is 14.0 Å². The van der Waals surface area contributed by atoms with E-state index in [2.05, 4.69) is 20.1 Å². The summed E-state index contributed by atoms with van der Waals surface area (Å²) in [7, 11) is 0.888. The zero-order valence-corrected chi connectivity index (χ0v) is 20.3. The highest BCUT2D eigenvalue weighted by atomic mass is 19.4. The highest BCUT2D eigenvalue weighted by Gasteiger charge is 2.38. The Balaban J connectivity index is 1.50. The number of nitrogens with zero attached hydrogens (tertiary/aromatic N) is 6. The van der Waals surface area contributed by atoms with Gasteiger partial charge < -0.3 is 4.74 Å². The number of benzene rings is 1. The molecule has 3 aromatic heterocycles. The molecule has 6 rings (SSSR count). The largest absolute Gasteiger partial charge is 0.449 e. The highest BCUT2D eigenvalue weighted by molar-refractivity contribution is 5.88. The van der Waals surface area contributed by atoms with E-state index >= 15 is 0 Å². The van der Waals surface area contributed by atoms with Crippen LogP contribution in [-0.2, 0) is 18.0 Å². The molecular formula is C25H20F6N6O2. The van der Waals surface area contributed by atoms with E-state index in [0.29, 0.717) is 29.5 Å². The Labute approximate surface area is 216 Å². The Bertz CT molecular complexity index is 1660. The molecule has 2 aliphatic rings. The molecule has 0 bridgehead atoms. The van der Waals surface area contributed by atoms with Crippen molar-refractivity contribution in [3.63, 3.8) is 0 Å². The van der Waals surface area contributed by atoms with E-state index in [1.807, 2.05) is 10.9 Å². The normalized spacial score (nSPS) is 20.1. The van der Waals surface area contributed by atoms with Crippen LogP contribution in [-0.4, -0.2) is 35.9 Å². The Hall–Kier alpha value is -3.81. The van der Waals surface area contributed by atoms with Crippen LogP contribution in [0, 0.1) is 17.5 Å². The van der Waals surface area contributed by atoms with Crippen molar-refractivity contribution in [1.82, 2.24) is 29.3 Å². The van der Waals surface area contributed by atoms with E-state index in [4.69, 9.17) is 4.74 Å². The minimum atomic E-state index is -5.04. The summed E-state index contributed by atoms with van der Waals surface area (Å²) in [5.41, 5.74) is -2.68. The topological polar surface area (TPSA) is 87.7 Å². The van der Waals surface area contributed by atoms with E-state index in [1.54, 1.807) is 6.20 Å². The van der Waals surface area contributed by atoms with Crippen LogP contribution < -0.4 is 5.56 Å². The maximum atomic E-state index is 14.9. The molecule has 0 amide bonds. The summed E-state index contributed by atoms with van der Waals surface area (Å²) in [4.78, 5) is 25.2. The van der Waals surface area contributed by atoms with Gasteiger partial charge in [0, 0.05) is 43.0 Å². The monoisotopic (exact) mass is 550 g/mol. The molecule has 0 radical (unpaired) electrons. The first-order valence-electron chi connectivity index (χ1n) is 12.2. The summed E-state index contributed by atoms with van der Waals surface area (Å²) in [6.07, 6.45) is 0.990. The van der Waals surface area contributed by atoms with Crippen LogP contribution in [0.25, 0.3) is 22.3 Å². The highest BCUT2D eigenvalue weighted by Crippen LogP contribution is 2.40. The fourth-order valence-corrected chi connectivity index (χ4v) is 4.81. The Morgan fingerprint density at radius 1 is 0.974 bits per heavy atom. The van der Waals surface area contributed by atoms with Gasteiger partial charge in [0.05, 0.1) is 18.3 Å². The van der Waals surface area contributed by atoms with Crippen LogP contribution in [0.15, 0.2) is 29.3 Å². The smallest absolute Gasteiger partial charge is 0.373 e. The van der Waals surface area contributed by atoms with Crippen molar-refractivity contribution in [3.05, 3.63) is 69.5 Å². The Kier molecular flexibility index (Phi) is 5.97. The average molecular weight is 550 g/mol. The molecule has 2 atom stereocenters. The summed E-state index contributed by atoms with van der Waals surface area (Å²) in [6, 6.07) is 1.09. The van der Waals surface area contributed by atoms with E-state index < -0.39 is 69.3 Å². The van der Waals surface area contributed by atoms with Gasteiger partial charge in [-0.15, -0.1) is 0 Å². The molecule has 1 saturated carbocycles. The third-order valence-corrected chi connectivity index (χ3v) is 7.03. The van der Waals surface area contributed by atoms with Crippen LogP contribution in [0.3, 0.4) is 0 Å². The summed E-state index contributed by atoms with van der Waals surface area (Å²) in [5.74, 6) is -6.21. The van der Waals surface area contributed by atoms with Gasteiger partial charge in [-0.2, -0.15) is 18.3 Å². The molecular weight excluding hydrogens is 530 g/mol. The number of aromatic nitrogens is 6. The molecule has 1 saturated heterocycles. The number of fused-ring (bicyclic) bond motifs is 1. The number of alkyl halides is 3. The summed E-state index contributed by atoms with van der Waals surface area (Å²) >= 11 is 0. The van der Waals surface area contributed by atoms with Crippen molar-refractivity contribution in [1.29, 1.82) is 0 Å².